The maximum Gasteiger partial charge on any atom is 0.357 e. The van der Waals surface area contributed by atoms with Gasteiger partial charge in [-0.3, -0.25) is 0 Å². The number of rotatable bonds is 10. The summed E-state index contributed by atoms with van der Waals surface area (Å²) in [5.41, 5.74) is 7.73. The molecule has 0 spiro atoms. The molecule has 3 aromatic carbocycles. The van der Waals surface area contributed by atoms with Crippen molar-refractivity contribution in [1.29, 1.82) is 0 Å². The molecule has 10 heteroatoms. The van der Waals surface area contributed by atoms with Crippen LogP contribution in [-0.2, 0) is 28.7 Å². The molecule has 0 aliphatic heterocycles. The predicted octanol–water partition coefficient (Wildman–Crippen LogP) is 7.41. The molecule has 0 amide bonds. The van der Waals surface area contributed by atoms with E-state index in [0.717, 1.165) is 52.9 Å². The number of halogens is 1. The number of hydrogen-bond donors (Lipinski definition) is 1. The minimum absolute atomic E-state index is 0.230. The molecule has 6 rings (SSSR count). The largest absolute Gasteiger partial charge is 0.461 e. The molecular weight excluding hydrogens is 586 g/mol. The molecule has 1 fully saturated rings. The van der Waals surface area contributed by atoms with Crippen LogP contribution in [0.15, 0.2) is 77.0 Å². The molecule has 1 N–H and O–H groups in total. The third-order valence-electron chi connectivity index (χ3n) is 7.51. The normalized spacial score (nSPS) is 13.7. The molecule has 0 radical (unpaired) electrons. The smallest absolute Gasteiger partial charge is 0.357 e. The van der Waals surface area contributed by atoms with E-state index in [1.807, 2.05) is 16.8 Å². The van der Waals surface area contributed by atoms with Crippen LogP contribution < -0.4 is 0 Å². The molecule has 2 heterocycles. The van der Waals surface area contributed by atoms with Crippen LogP contribution in [0.4, 0.5) is 4.39 Å². The maximum absolute atomic E-state index is 14.8. The Kier molecular flexibility index (Phi) is 8.34. The summed E-state index contributed by atoms with van der Waals surface area (Å²) in [6, 6.07) is 20.9. The van der Waals surface area contributed by atoms with Crippen LogP contribution in [0.25, 0.3) is 27.5 Å². The molecular formula is C33H30FN3O4S2. The summed E-state index contributed by atoms with van der Waals surface area (Å²) in [5, 5.41) is 7.32. The van der Waals surface area contributed by atoms with E-state index >= 15 is 0 Å². The minimum atomic E-state index is -2.42. The highest BCUT2D eigenvalue weighted by molar-refractivity contribution is 7.79. The second kappa shape index (κ2) is 12.3. The van der Waals surface area contributed by atoms with Crippen molar-refractivity contribution in [3.63, 3.8) is 0 Å². The van der Waals surface area contributed by atoms with Crippen molar-refractivity contribution in [1.82, 2.24) is 14.8 Å². The highest BCUT2D eigenvalue weighted by Gasteiger charge is 2.29. The van der Waals surface area contributed by atoms with Gasteiger partial charge >= 0.3 is 5.97 Å². The van der Waals surface area contributed by atoms with Gasteiger partial charge in [0.25, 0.3) is 0 Å². The van der Waals surface area contributed by atoms with Gasteiger partial charge in [-0.2, -0.15) is 5.10 Å². The molecule has 0 saturated heterocycles. The second-order valence-electron chi connectivity index (χ2n) is 10.7. The van der Waals surface area contributed by atoms with Gasteiger partial charge < -0.3 is 9.29 Å². The molecule has 1 unspecified atom stereocenters. The first-order chi connectivity index (χ1) is 20.8. The third kappa shape index (κ3) is 6.36. The monoisotopic (exact) mass is 615 g/mol. The van der Waals surface area contributed by atoms with Gasteiger partial charge in [0, 0.05) is 22.9 Å². The van der Waals surface area contributed by atoms with E-state index in [0.29, 0.717) is 23.0 Å². The number of benzene rings is 3. The van der Waals surface area contributed by atoms with Crippen molar-refractivity contribution in [3.05, 3.63) is 106 Å². The Morgan fingerprint density at radius 1 is 1.09 bits per heavy atom. The van der Waals surface area contributed by atoms with Gasteiger partial charge in [-0.15, -0.1) is 11.3 Å². The number of thiazole rings is 1. The number of carbonyl (C=O) groups excluding carboxylic acids is 1. The van der Waals surface area contributed by atoms with E-state index in [1.54, 1.807) is 18.4 Å². The standard InChI is InChI=1S/C33H30FN3O4S2/c1-3-41-32(38)28-19-42-33(35-28)37-29(17-21-9-10-21)26(15-22-11-14-30(43(39)40)27(34)16-22)31(36-37)25-6-4-5-24(18-25)23-12-7-20(2)8-13-23/h4-8,11-14,16,18-19,21H,3,9-10,15,17H2,1-2H3,(H,39,40). The molecule has 1 aliphatic rings. The van der Waals surface area contributed by atoms with Crippen LogP contribution in [0.5, 0.6) is 0 Å². The van der Waals surface area contributed by atoms with Gasteiger partial charge in [0.1, 0.15) is 10.7 Å². The minimum Gasteiger partial charge on any atom is -0.461 e. The molecule has 220 valence electrons. The van der Waals surface area contributed by atoms with Crippen LogP contribution >= 0.6 is 11.3 Å². The Morgan fingerprint density at radius 3 is 2.56 bits per heavy atom. The average Bonchev–Trinajstić information content (AvgIpc) is 3.56. The first-order valence-corrected chi connectivity index (χ1v) is 16.1. The van der Waals surface area contributed by atoms with Gasteiger partial charge in [0.05, 0.1) is 18.0 Å². The number of aromatic nitrogens is 3. The van der Waals surface area contributed by atoms with Crippen LogP contribution in [-0.4, -0.2) is 36.1 Å². The van der Waals surface area contributed by atoms with Crippen molar-refractivity contribution >= 4 is 28.4 Å². The van der Waals surface area contributed by atoms with E-state index in [-0.39, 0.29) is 17.2 Å². The van der Waals surface area contributed by atoms with E-state index in [1.165, 1.54) is 29.0 Å². The fourth-order valence-electron chi connectivity index (χ4n) is 5.12. The van der Waals surface area contributed by atoms with Crippen molar-refractivity contribution in [3.8, 4) is 27.5 Å². The quantitative estimate of drug-likeness (QED) is 0.130. The Balaban J connectivity index is 1.50. The predicted molar refractivity (Wildman–Crippen MR) is 165 cm³/mol. The van der Waals surface area contributed by atoms with Gasteiger partial charge in [-0.25, -0.2) is 23.1 Å². The lowest BCUT2D eigenvalue weighted by Crippen LogP contribution is -2.08. The van der Waals surface area contributed by atoms with Crippen molar-refractivity contribution in [2.75, 3.05) is 6.61 Å². The van der Waals surface area contributed by atoms with Gasteiger partial charge in [0.2, 0.25) is 5.13 Å². The summed E-state index contributed by atoms with van der Waals surface area (Å²) in [6.45, 7) is 4.06. The van der Waals surface area contributed by atoms with Crippen molar-refractivity contribution in [2.24, 2.45) is 5.92 Å². The summed E-state index contributed by atoms with van der Waals surface area (Å²) in [5.74, 6) is -0.707. The summed E-state index contributed by atoms with van der Waals surface area (Å²) in [6.07, 6.45) is 3.34. The van der Waals surface area contributed by atoms with Crippen LogP contribution in [0, 0.1) is 18.7 Å². The third-order valence-corrected chi connectivity index (χ3v) is 9.04. The summed E-state index contributed by atoms with van der Waals surface area (Å²) in [4.78, 5) is 16.7. The fraction of sp³-hybridized carbons (Fsp3) is 0.242. The number of esters is 1. The molecule has 1 atom stereocenters. The first kappa shape index (κ1) is 29.1. The lowest BCUT2D eigenvalue weighted by atomic mass is 9.95. The second-order valence-corrected chi connectivity index (χ2v) is 12.5. The molecule has 5 aromatic rings. The Hall–Kier alpha value is -3.99. The Morgan fingerprint density at radius 2 is 1.86 bits per heavy atom. The van der Waals surface area contributed by atoms with Crippen molar-refractivity contribution < 1.29 is 22.7 Å². The number of ether oxygens (including phenoxy) is 1. The number of aryl methyl sites for hydroxylation is 1. The zero-order valence-corrected chi connectivity index (χ0v) is 25.4. The summed E-state index contributed by atoms with van der Waals surface area (Å²) in [7, 11) is 0. The molecule has 2 aromatic heterocycles. The summed E-state index contributed by atoms with van der Waals surface area (Å²) < 4.78 is 42.8. The van der Waals surface area contributed by atoms with Crippen LogP contribution in [0.1, 0.15) is 52.6 Å². The fourth-order valence-corrected chi connectivity index (χ4v) is 6.30. The van der Waals surface area contributed by atoms with Gasteiger partial charge in [-0.05, 0) is 73.9 Å². The average molecular weight is 616 g/mol. The number of nitrogens with zero attached hydrogens (tertiary/aromatic N) is 3. The maximum atomic E-state index is 14.8. The zero-order valence-electron chi connectivity index (χ0n) is 23.7. The molecule has 1 saturated carbocycles. The Bertz CT molecular complexity index is 1830. The number of carbonyl (C=O) groups is 1. The molecule has 0 bridgehead atoms. The van der Waals surface area contributed by atoms with E-state index in [4.69, 9.17) is 9.84 Å². The van der Waals surface area contributed by atoms with Gasteiger partial charge in [0.15, 0.2) is 16.8 Å². The van der Waals surface area contributed by atoms with Gasteiger partial charge in [-0.1, -0.05) is 54.1 Å². The molecule has 1 aliphatic carbocycles. The van der Waals surface area contributed by atoms with E-state index in [2.05, 4.69) is 48.3 Å². The lowest BCUT2D eigenvalue weighted by Gasteiger charge is -2.10. The van der Waals surface area contributed by atoms with E-state index in [9.17, 15) is 17.9 Å². The van der Waals surface area contributed by atoms with Crippen molar-refractivity contribution in [2.45, 2.75) is 44.4 Å². The SMILES string of the molecule is CCOC(=O)c1csc(-n2nc(-c3cccc(-c4ccc(C)cc4)c3)c(Cc3ccc(S(=O)O)c(F)c3)c2CC2CC2)n1. The van der Waals surface area contributed by atoms with E-state index < -0.39 is 22.9 Å². The Labute approximate surface area is 255 Å². The topological polar surface area (TPSA) is 94.3 Å². The molecule has 43 heavy (non-hydrogen) atoms. The highest BCUT2D eigenvalue weighted by Crippen LogP contribution is 2.39. The highest BCUT2D eigenvalue weighted by atomic mass is 32.2. The summed E-state index contributed by atoms with van der Waals surface area (Å²) >= 11 is -1.10. The van der Waals surface area contributed by atoms with Crippen LogP contribution in [0.3, 0.4) is 0 Å². The molecule has 7 nitrogen and oxygen atoms in total. The lowest BCUT2D eigenvalue weighted by molar-refractivity contribution is 0.0520. The first-order valence-electron chi connectivity index (χ1n) is 14.1. The van der Waals surface area contributed by atoms with Crippen LogP contribution in [0.2, 0.25) is 0 Å². The zero-order chi connectivity index (χ0) is 30.1. The number of hydrogen-bond acceptors (Lipinski definition) is 6.